The molecule has 0 spiro atoms. The van der Waals surface area contributed by atoms with Crippen LogP contribution in [0.4, 0.5) is 5.82 Å². The molecular formula is C20H23N5. The fraction of sp³-hybridized carbons (Fsp3) is 0.350. The van der Waals surface area contributed by atoms with Gasteiger partial charge in [-0.1, -0.05) is 12.1 Å². The van der Waals surface area contributed by atoms with Crippen molar-refractivity contribution >= 4 is 5.82 Å². The van der Waals surface area contributed by atoms with Crippen LogP contribution in [0.15, 0.2) is 55.2 Å². The van der Waals surface area contributed by atoms with E-state index < -0.39 is 0 Å². The van der Waals surface area contributed by atoms with Crippen LogP contribution in [0.2, 0.25) is 0 Å². The number of aromatic nitrogens is 4. The second-order valence-corrected chi connectivity index (χ2v) is 6.70. The molecular weight excluding hydrogens is 310 g/mol. The highest BCUT2D eigenvalue weighted by Gasteiger charge is 2.26. The van der Waals surface area contributed by atoms with Crippen molar-refractivity contribution in [2.24, 2.45) is 0 Å². The predicted molar refractivity (Wildman–Crippen MR) is 98.7 cm³/mol. The highest BCUT2D eigenvalue weighted by molar-refractivity contribution is 5.46. The van der Waals surface area contributed by atoms with Gasteiger partial charge in [0.25, 0.3) is 0 Å². The van der Waals surface area contributed by atoms with Crippen LogP contribution in [0, 0.1) is 6.92 Å². The lowest BCUT2D eigenvalue weighted by molar-refractivity contribution is 0.473. The van der Waals surface area contributed by atoms with E-state index in [0.717, 1.165) is 25.5 Å². The zero-order chi connectivity index (χ0) is 17.1. The van der Waals surface area contributed by atoms with E-state index in [-0.39, 0.29) is 0 Å². The normalized spacial score (nSPS) is 17.6. The summed E-state index contributed by atoms with van der Waals surface area (Å²) in [6.07, 6.45) is 12.0. The Labute approximate surface area is 148 Å². The SMILES string of the molecule is Cc1cccnc1N1CCCC(c2nccn2Cc2cccnc2)C1. The predicted octanol–water partition coefficient (Wildman–Crippen LogP) is 3.41. The first-order valence-corrected chi connectivity index (χ1v) is 8.88. The molecule has 1 fully saturated rings. The van der Waals surface area contributed by atoms with Gasteiger partial charge in [-0.3, -0.25) is 4.98 Å². The average molecular weight is 333 g/mol. The van der Waals surface area contributed by atoms with Gasteiger partial charge >= 0.3 is 0 Å². The first-order chi connectivity index (χ1) is 12.3. The van der Waals surface area contributed by atoms with Gasteiger partial charge in [0.2, 0.25) is 0 Å². The molecule has 0 aliphatic carbocycles. The number of anilines is 1. The molecule has 0 bridgehead atoms. The van der Waals surface area contributed by atoms with Crippen LogP contribution >= 0.6 is 0 Å². The van der Waals surface area contributed by atoms with E-state index >= 15 is 0 Å². The molecule has 0 saturated carbocycles. The summed E-state index contributed by atoms with van der Waals surface area (Å²) in [6, 6.07) is 8.23. The van der Waals surface area contributed by atoms with Gasteiger partial charge in [-0.25, -0.2) is 9.97 Å². The van der Waals surface area contributed by atoms with Gasteiger partial charge in [0.05, 0.1) is 6.54 Å². The maximum atomic E-state index is 4.68. The molecule has 25 heavy (non-hydrogen) atoms. The van der Waals surface area contributed by atoms with E-state index in [0.29, 0.717) is 5.92 Å². The Hall–Kier alpha value is -2.69. The van der Waals surface area contributed by atoms with Crippen molar-refractivity contribution in [1.82, 2.24) is 19.5 Å². The molecule has 3 aromatic rings. The molecule has 4 heterocycles. The zero-order valence-electron chi connectivity index (χ0n) is 14.5. The summed E-state index contributed by atoms with van der Waals surface area (Å²) in [4.78, 5) is 15.9. The zero-order valence-corrected chi connectivity index (χ0v) is 14.5. The highest BCUT2D eigenvalue weighted by Crippen LogP contribution is 2.29. The topological polar surface area (TPSA) is 46.8 Å². The Morgan fingerprint density at radius 2 is 2.04 bits per heavy atom. The molecule has 5 heteroatoms. The van der Waals surface area contributed by atoms with E-state index in [9.17, 15) is 0 Å². The lowest BCUT2D eigenvalue weighted by atomic mass is 9.96. The Kier molecular flexibility index (Phi) is 4.46. The van der Waals surface area contributed by atoms with Gasteiger partial charge in [-0.15, -0.1) is 0 Å². The number of nitrogens with zero attached hydrogens (tertiary/aromatic N) is 5. The first-order valence-electron chi connectivity index (χ1n) is 8.88. The van der Waals surface area contributed by atoms with E-state index in [2.05, 4.69) is 49.7 Å². The number of hydrogen-bond acceptors (Lipinski definition) is 4. The molecule has 1 saturated heterocycles. The summed E-state index contributed by atoms with van der Waals surface area (Å²) < 4.78 is 2.26. The summed E-state index contributed by atoms with van der Waals surface area (Å²) >= 11 is 0. The summed E-state index contributed by atoms with van der Waals surface area (Å²) in [6.45, 7) is 5.00. The summed E-state index contributed by atoms with van der Waals surface area (Å²) in [7, 11) is 0. The minimum atomic E-state index is 0.432. The van der Waals surface area contributed by atoms with Gasteiger partial charge in [-0.2, -0.15) is 0 Å². The third kappa shape index (κ3) is 3.40. The minimum absolute atomic E-state index is 0.432. The Bertz CT molecular complexity index is 827. The van der Waals surface area contributed by atoms with Crippen LogP contribution in [0.25, 0.3) is 0 Å². The van der Waals surface area contributed by atoms with Gasteiger partial charge < -0.3 is 9.47 Å². The van der Waals surface area contributed by atoms with Gasteiger partial charge in [-0.05, 0) is 43.0 Å². The molecule has 3 aromatic heterocycles. The third-order valence-electron chi connectivity index (χ3n) is 4.89. The fourth-order valence-electron chi connectivity index (χ4n) is 3.69. The quantitative estimate of drug-likeness (QED) is 0.734. The number of pyridine rings is 2. The van der Waals surface area contributed by atoms with Crippen molar-refractivity contribution in [1.29, 1.82) is 0 Å². The smallest absolute Gasteiger partial charge is 0.131 e. The van der Waals surface area contributed by atoms with Crippen LogP contribution in [-0.4, -0.2) is 32.6 Å². The van der Waals surface area contributed by atoms with E-state index in [1.165, 1.54) is 29.8 Å². The second kappa shape index (κ2) is 7.05. The minimum Gasteiger partial charge on any atom is -0.356 e. The molecule has 0 radical (unpaired) electrons. The molecule has 1 atom stereocenters. The molecule has 0 aromatic carbocycles. The highest BCUT2D eigenvalue weighted by atomic mass is 15.2. The second-order valence-electron chi connectivity index (χ2n) is 6.70. The van der Waals surface area contributed by atoms with Gasteiger partial charge in [0.1, 0.15) is 11.6 Å². The van der Waals surface area contributed by atoms with Crippen molar-refractivity contribution in [3.8, 4) is 0 Å². The molecule has 0 N–H and O–H groups in total. The number of aryl methyl sites for hydroxylation is 1. The van der Waals surface area contributed by atoms with Crippen molar-refractivity contribution in [2.45, 2.75) is 32.2 Å². The number of rotatable bonds is 4. The van der Waals surface area contributed by atoms with Crippen molar-refractivity contribution in [3.63, 3.8) is 0 Å². The first kappa shape index (κ1) is 15.8. The standard InChI is InChI=1S/C20H23N5/c1-16-5-2-9-22-19(16)24-11-4-7-18(15-24)20-23-10-12-25(20)14-17-6-3-8-21-13-17/h2-3,5-6,8-10,12-13,18H,4,7,11,14-15H2,1H3. The summed E-state index contributed by atoms with van der Waals surface area (Å²) in [5.74, 6) is 2.71. The number of piperidine rings is 1. The molecule has 1 unspecified atom stereocenters. The third-order valence-corrected chi connectivity index (χ3v) is 4.89. The largest absolute Gasteiger partial charge is 0.356 e. The molecule has 1 aliphatic heterocycles. The van der Waals surface area contributed by atoms with Gasteiger partial charge in [0.15, 0.2) is 0 Å². The maximum Gasteiger partial charge on any atom is 0.131 e. The van der Waals surface area contributed by atoms with Crippen LogP contribution in [0.1, 0.15) is 35.7 Å². The van der Waals surface area contributed by atoms with Crippen LogP contribution in [0.5, 0.6) is 0 Å². The molecule has 128 valence electrons. The molecule has 5 nitrogen and oxygen atoms in total. The summed E-state index contributed by atoms with van der Waals surface area (Å²) in [5, 5.41) is 0. The monoisotopic (exact) mass is 333 g/mol. The molecule has 4 rings (SSSR count). The lowest BCUT2D eigenvalue weighted by Crippen LogP contribution is -2.36. The van der Waals surface area contributed by atoms with Crippen molar-refractivity contribution in [3.05, 3.63) is 72.2 Å². The van der Waals surface area contributed by atoms with E-state index in [1.807, 2.05) is 36.9 Å². The van der Waals surface area contributed by atoms with Crippen molar-refractivity contribution < 1.29 is 0 Å². The number of imidazole rings is 1. The van der Waals surface area contributed by atoms with Crippen LogP contribution in [0.3, 0.4) is 0 Å². The van der Waals surface area contributed by atoms with Crippen molar-refractivity contribution in [2.75, 3.05) is 18.0 Å². The van der Waals surface area contributed by atoms with E-state index in [4.69, 9.17) is 0 Å². The van der Waals surface area contributed by atoms with Crippen LogP contribution in [-0.2, 0) is 6.54 Å². The lowest BCUT2D eigenvalue weighted by Gasteiger charge is -2.34. The Balaban J connectivity index is 1.54. The fourth-order valence-corrected chi connectivity index (χ4v) is 3.69. The van der Waals surface area contributed by atoms with Crippen LogP contribution < -0.4 is 4.90 Å². The Morgan fingerprint density at radius 1 is 1.12 bits per heavy atom. The van der Waals surface area contributed by atoms with E-state index in [1.54, 1.807) is 0 Å². The molecule has 0 amide bonds. The number of hydrogen-bond donors (Lipinski definition) is 0. The summed E-state index contributed by atoms with van der Waals surface area (Å²) in [5.41, 5.74) is 2.44. The molecule has 1 aliphatic rings. The maximum absolute atomic E-state index is 4.68. The van der Waals surface area contributed by atoms with Gasteiger partial charge in [0, 0.05) is 50.0 Å². The average Bonchev–Trinajstić information content (AvgIpc) is 3.11. The Morgan fingerprint density at radius 3 is 2.88 bits per heavy atom.